The van der Waals surface area contributed by atoms with Crippen LogP contribution in [0.25, 0.3) is 0 Å². The summed E-state index contributed by atoms with van der Waals surface area (Å²) in [5.74, 6) is 0. The van der Waals surface area contributed by atoms with E-state index in [-0.39, 0.29) is 18.7 Å². The third-order valence-corrected chi connectivity index (χ3v) is 4.80. The molecule has 0 saturated carbocycles. The molecule has 0 aromatic carbocycles. The van der Waals surface area contributed by atoms with Crippen LogP contribution in [0.15, 0.2) is 11.4 Å². The number of carbonyl (C=O) groups is 1. The fourth-order valence-electron chi connectivity index (χ4n) is 2.57. The summed E-state index contributed by atoms with van der Waals surface area (Å²) in [5, 5.41) is 16.7. The van der Waals surface area contributed by atoms with E-state index in [1.807, 2.05) is 18.3 Å². The van der Waals surface area contributed by atoms with Gasteiger partial charge in [-0.1, -0.05) is 0 Å². The maximum absolute atomic E-state index is 11.7. The quantitative estimate of drug-likeness (QED) is 0.716. The molecule has 6 heteroatoms. The number of amides is 2. The molecule has 0 fully saturated rings. The summed E-state index contributed by atoms with van der Waals surface area (Å²) in [7, 11) is 0. The molecule has 2 amide bonds. The Hall–Kier alpha value is -1.11. The molecule has 1 aliphatic heterocycles. The highest BCUT2D eigenvalue weighted by Gasteiger charge is 2.16. The van der Waals surface area contributed by atoms with Gasteiger partial charge in [0.25, 0.3) is 0 Å². The van der Waals surface area contributed by atoms with Crippen LogP contribution in [0.2, 0.25) is 0 Å². The van der Waals surface area contributed by atoms with Crippen LogP contribution >= 0.6 is 11.3 Å². The van der Waals surface area contributed by atoms with Crippen molar-refractivity contribution >= 4 is 17.4 Å². The topological polar surface area (TPSA) is 64.6 Å². The average Bonchev–Trinajstić information content (AvgIpc) is 2.92. The molecular weight excluding hydrogens is 286 g/mol. The molecule has 2 heterocycles. The van der Waals surface area contributed by atoms with Crippen LogP contribution in [0.3, 0.4) is 0 Å². The van der Waals surface area contributed by atoms with Gasteiger partial charge in [0, 0.05) is 43.7 Å². The molecule has 1 aromatic rings. The first-order valence-electron chi connectivity index (χ1n) is 7.62. The first-order chi connectivity index (χ1) is 10.2. The van der Waals surface area contributed by atoms with E-state index in [4.69, 9.17) is 5.11 Å². The second-order valence-electron chi connectivity index (χ2n) is 5.56. The van der Waals surface area contributed by atoms with E-state index in [0.29, 0.717) is 6.54 Å². The maximum Gasteiger partial charge on any atom is 0.315 e. The van der Waals surface area contributed by atoms with Gasteiger partial charge in [-0.15, -0.1) is 11.3 Å². The van der Waals surface area contributed by atoms with Crippen LogP contribution in [-0.4, -0.2) is 48.3 Å². The standard InChI is InChI=1S/C15H25N3O2S/c1-12(3-2-9-19)17-15(20)16-6-8-18-7-4-14-13(11-18)5-10-21-14/h5,10,12,19H,2-4,6-9,11H2,1H3,(H2,16,17,20). The molecule has 1 aliphatic rings. The predicted molar refractivity (Wildman–Crippen MR) is 85.6 cm³/mol. The number of thiophene rings is 1. The molecule has 21 heavy (non-hydrogen) atoms. The molecule has 0 aliphatic carbocycles. The number of urea groups is 1. The van der Waals surface area contributed by atoms with Crippen molar-refractivity contribution in [2.75, 3.05) is 26.2 Å². The molecule has 3 N–H and O–H groups in total. The number of nitrogens with one attached hydrogen (secondary N) is 2. The molecule has 1 atom stereocenters. The van der Waals surface area contributed by atoms with Gasteiger partial charge in [-0.05, 0) is 43.2 Å². The fraction of sp³-hybridized carbons (Fsp3) is 0.667. The number of nitrogens with zero attached hydrogens (tertiary/aromatic N) is 1. The first kappa shape index (κ1) is 16.3. The minimum atomic E-state index is -0.117. The van der Waals surface area contributed by atoms with Crippen molar-refractivity contribution in [1.82, 2.24) is 15.5 Å². The summed E-state index contributed by atoms with van der Waals surface area (Å²) in [6.07, 6.45) is 2.65. The van der Waals surface area contributed by atoms with Crippen LogP contribution in [0.4, 0.5) is 4.79 Å². The number of hydrogen-bond donors (Lipinski definition) is 3. The third-order valence-electron chi connectivity index (χ3n) is 3.77. The van der Waals surface area contributed by atoms with Gasteiger partial charge < -0.3 is 15.7 Å². The van der Waals surface area contributed by atoms with Crippen LogP contribution in [0.5, 0.6) is 0 Å². The van der Waals surface area contributed by atoms with Gasteiger partial charge in [0.05, 0.1) is 0 Å². The van der Waals surface area contributed by atoms with E-state index in [1.54, 1.807) is 0 Å². The molecular formula is C15H25N3O2S. The van der Waals surface area contributed by atoms with Crippen LogP contribution in [0, 0.1) is 0 Å². The lowest BCUT2D eigenvalue weighted by molar-refractivity contribution is 0.226. The highest BCUT2D eigenvalue weighted by atomic mass is 32.1. The Balaban J connectivity index is 1.60. The summed E-state index contributed by atoms with van der Waals surface area (Å²) in [4.78, 5) is 15.6. The Bertz CT molecular complexity index is 450. The Morgan fingerprint density at radius 3 is 3.24 bits per heavy atom. The second kappa shape index (κ2) is 8.36. The summed E-state index contributed by atoms with van der Waals surface area (Å²) in [6, 6.07) is 2.18. The normalized spacial score (nSPS) is 16.3. The van der Waals surface area contributed by atoms with Crippen molar-refractivity contribution in [2.45, 2.75) is 38.8 Å². The SMILES string of the molecule is CC(CCCO)NC(=O)NCCN1CCc2sccc2C1. The minimum Gasteiger partial charge on any atom is -0.396 e. The van der Waals surface area contributed by atoms with E-state index in [2.05, 4.69) is 27.0 Å². The van der Waals surface area contributed by atoms with Crippen molar-refractivity contribution in [3.63, 3.8) is 0 Å². The van der Waals surface area contributed by atoms with Crippen molar-refractivity contribution in [3.05, 3.63) is 21.9 Å². The van der Waals surface area contributed by atoms with Crippen molar-refractivity contribution < 1.29 is 9.90 Å². The number of hydrogen-bond acceptors (Lipinski definition) is 4. The highest BCUT2D eigenvalue weighted by Crippen LogP contribution is 2.23. The fourth-order valence-corrected chi connectivity index (χ4v) is 3.46. The number of rotatable bonds is 7. The van der Waals surface area contributed by atoms with Gasteiger partial charge in [0.15, 0.2) is 0 Å². The average molecular weight is 311 g/mol. The zero-order valence-electron chi connectivity index (χ0n) is 12.6. The smallest absolute Gasteiger partial charge is 0.315 e. The molecule has 1 unspecified atom stereocenters. The second-order valence-corrected chi connectivity index (χ2v) is 6.56. The predicted octanol–water partition coefficient (Wildman–Crippen LogP) is 1.57. The van der Waals surface area contributed by atoms with Gasteiger partial charge in [0.2, 0.25) is 0 Å². The highest BCUT2D eigenvalue weighted by molar-refractivity contribution is 7.10. The lowest BCUT2D eigenvalue weighted by Gasteiger charge is -2.26. The molecule has 118 valence electrons. The summed E-state index contributed by atoms with van der Waals surface area (Å²) < 4.78 is 0. The Kier molecular flexibility index (Phi) is 6.48. The van der Waals surface area contributed by atoms with E-state index in [0.717, 1.165) is 38.9 Å². The van der Waals surface area contributed by atoms with Gasteiger partial charge in [0.1, 0.15) is 0 Å². The number of aliphatic hydroxyl groups is 1. The van der Waals surface area contributed by atoms with Crippen LogP contribution in [-0.2, 0) is 13.0 Å². The summed E-state index contributed by atoms with van der Waals surface area (Å²) in [5.41, 5.74) is 1.44. The Morgan fingerprint density at radius 1 is 1.57 bits per heavy atom. The zero-order chi connectivity index (χ0) is 15.1. The lowest BCUT2D eigenvalue weighted by atomic mass is 10.1. The van der Waals surface area contributed by atoms with E-state index in [9.17, 15) is 4.79 Å². The molecule has 0 bridgehead atoms. The van der Waals surface area contributed by atoms with Crippen molar-refractivity contribution in [3.8, 4) is 0 Å². The van der Waals surface area contributed by atoms with E-state index >= 15 is 0 Å². The molecule has 5 nitrogen and oxygen atoms in total. The van der Waals surface area contributed by atoms with Gasteiger partial charge in [-0.2, -0.15) is 0 Å². The monoisotopic (exact) mass is 311 g/mol. The van der Waals surface area contributed by atoms with Crippen molar-refractivity contribution in [1.29, 1.82) is 0 Å². The van der Waals surface area contributed by atoms with Gasteiger partial charge in [-0.3, -0.25) is 4.90 Å². The first-order valence-corrected chi connectivity index (χ1v) is 8.50. The minimum absolute atomic E-state index is 0.0977. The molecule has 0 spiro atoms. The zero-order valence-corrected chi connectivity index (χ0v) is 13.4. The van der Waals surface area contributed by atoms with Gasteiger partial charge in [-0.25, -0.2) is 4.79 Å². The Morgan fingerprint density at radius 2 is 2.43 bits per heavy atom. The molecule has 2 rings (SSSR count). The van der Waals surface area contributed by atoms with Crippen LogP contribution < -0.4 is 10.6 Å². The summed E-state index contributed by atoms with van der Waals surface area (Å²) >= 11 is 1.85. The maximum atomic E-state index is 11.7. The van der Waals surface area contributed by atoms with E-state index < -0.39 is 0 Å². The lowest BCUT2D eigenvalue weighted by Crippen LogP contribution is -2.44. The van der Waals surface area contributed by atoms with Gasteiger partial charge >= 0.3 is 6.03 Å². The number of aliphatic hydroxyl groups excluding tert-OH is 1. The number of carbonyl (C=O) groups excluding carboxylic acids is 1. The van der Waals surface area contributed by atoms with Crippen molar-refractivity contribution in [2.24, 2.45) is 0 Å². The molecule has 1 aromatic heterocycles. The van der Waals surface area contributed by atoms with E-state index in [1.165, 1.54) is 10.4 Å². The van der Waals surface area contributed by atoms with Crippen LogP contribution in [0.1, 0.15) is 30.2 Å². The Labute approximate surface area is 130 Å². The molecule has 0 radical (unpaired) electrons. The largest absolute Gasteiger partial charge is 0.396 e. The number of fused-ring (bicyclic) bond motifs is 1. The summed E-state index contributed by atoms with van der Waals surface area (Å²) in [6.45, 7) is 5.75. The molecule has 0 saturated heterocycles. The third kappa shape index (κ3) is 5.30.